The average Bonchev–Trinajstić information content (AvgIpc) is 2.97. The number of carbonyl (C=O) groups excluding carboxylic acids is 1. The van der Waals surface area contributed by atoms with Gasteiger partial charge in [0.25, 0.3) is 5.91 Å². The van der Waals surface area contributed by atoms with Gasteiger partial charge < -0.3 is 4.57 Å². The minimum atomic E-state index is -3.31. The molecule has 148 valence electrons. The summed E-state index contributed by atoms with van der Waals surface area (Å²) < 4.78 is 27.5. The third-order valence-corrected chi connectivity index (χ3v) is 8.00. The summed E-state index contributed by atoms with van der Waals surface area (Å²) in [4.78, 5) is 17.7. The molecule has 0 radical (unpaired) electrons. The lowest BCUT2D eigenvalue weighted by Gasteiger charge is -2.08. The van der Waals surface area contributed by atoms with Gasteiger partial charge in [0.15, 0.2) is 14.6 Å². The van der Waals surface area contributed by atoms with Crippen molar-refractivity contribution in [3.63, 3.8) is 0 Å². The van der Waals surface area contributed by atoms with Crippen molar-refractivity contribution in [3.8, 4) is 0 Å². The molecular weight excluding hydrogens is 392 g/mol. The first kappa shape index (κ1) is 20.5. The second-order valence-electron chi connectivity index (χ2n) is 6.98. The first-order valence-electron chi connectivity index (χ1n) is 9.22. The highest BCUT2D eigenvalue weighted by Crippen LogP contribution is 2.21. The molecule has 1 aromatic heterocycles. The maximum Gasteiger partial charge on any atom is 0.252 e. The molecule has 0 fully saturated rings. The zero-order valence-electron chi connectivity index (χ0n) is 16.5. The summed E-state index contributed by atoms with van der Waals surface area (Å²) in [5.41, 5.74) is 3.09. The van der Waals surface area contributed by atoms with Crippen molar-refractivity contribution in [2.75, 3.05) is 0 Å². The van der Waals surface area contributed by atoms with Crippen LogP contribution in [0.25, 0.3) is 10.2 Å². The molecule has 1 amide bonds. The van der Waals surface area contributed by atoms with Gasteiger partial charge in [-0.25, -0.2) is 8.42 Å². The number of carbonyl (C=O) groups is 1. The highest BCUT2D eigenvalue weighted by molar-refractivity contribution is 7.92. The molecule has 3 aromatic rings. The average molecular weight is 417 g/mol. The lowest BCUT2D eigenvalue weighted by molar-refractivity contribution is -0.117. The van der Waals surface area contributed by atoms with Crippen LogP contribution in [-0.4, -0.2) is 24.1 Å². The SMILES string of the molecule is CCc1cccc2sc(=NC(=O)Cc3ccc(S(=O)(=O)C(C)C)cc3)n(C)c12. The zero-order chi connectivity index (χ0) is 20.5. The van der Waals surface area contributed by atoms with Gasteiger partial charge in [-0.3, -0.25) is 4.79 Å². The lowest BCUT2D eigenvalue weighted by atomic mass is 10.1. The summed E-state index contributed by atoms with van der Waals surface area (Å²) in [5, 5.41) is -0.476. The molecule has 0 bridgehead atoms. The van der Waals surface area contributed by atoms with Crippen molar-refractivity contribution in [1.82, 2.24) is 4.57 Å². The standard InChI is InChI=1S/C21H24N2O3S2/c1-5-16-7-6-8-18-20(16)23(4)21(27-18)22-19(24)13-15-9-11-17(12-10-15)28(25,26)14(2)3/h6-12,14H,5,13H2,1-4H3. The van der Waals surface area contributed by atoms with Crippen LogP contribution in [0.3, 0.4) is 0 Å². The largest absolute Gasteiger partial charge is 0.319 e. The Morgan fingerprint density at radius 2 is 1.82 bits per heavy atom. The summed E-state index contributed by atoms with van der Waals surface area (Å²) in [6.45, 7) is 5.42. The molecule has 7 heteroatoms. The Bertz CT molecular complexity index is 1180. The van der Waals surface area contributed by atoms with E-state index in [9.17, 15) is 13.2 Å². The number of aryl methyl sites for hydroxylation is 2. The van der Waals surface area contributed by atoms with Crippen molar-refractivity contribution in [1.29, 1.82) is 0 Å². The van der Waals surface area contributed by atoms with Gasteiger partial charge in [0.05, 0.1) is 26.8 Å². The summed E-state index contributed by atoms with van der Waals surface area (Å²) in [6, 6.07) is 12.6. The third kappa shape index (κ3) is 3.95. The molecule has 1 heterocycles. The summed E-state index contributed by atoms with van der Waals surface area (Å²) in [5.74, 6) is -0.250. The third-order valence-electron chi connectivity index (χ3n) is 4.74. The fraction of sp³-hybridized carbons (Fsp3) is 0.333. The molecular formula is C21H24N2O3S2. The molecule has 0 saturated heterocycles. The Balaban J connectivity index is 1.86. The maximum atomic E-state index is 12.5. The fourth-order valence-electron chi connectivity index (χ4n) is 3.07. The van der Waals surface area contributed by atoms with E-state index < -0.39 is 15.1 Å². The highest BCUT2D eigenvalue weighted by atomic mass is 32.2. The van der Waals surface area contributed by atoms with Crippen LogP contribution >= 0.6 is 11.3 Å². The van der Waals surface area contributed by atoms with E-state index in [1.54, 1.807) is 38.1 Å². The van der Waals surface area contributed by atoms with E-state index in [-0.39, 0.29) is 17.2 Å². The molecule has 0 aliphatic rings. The van der Waals surface area contributed by atoms with Crippen molar-refractivity contribution in [2.24, 2.45) is 12.0 Å². The predicted octanol–water partition coefficient (Wildman–Crippen LogP) is 3.65. The second kappa shape index (κ2) is 8.01. The number of hydrogen-bond donors (Lipinski definition) is 0. The monoisotopic (exact) mass is 416 g/mol. The Morgan fingerprint density at radius 3 is 2.43 bits per heavy atom. The number of sulfone groups is 1. The van der Waals surface area contributed by atoms with E-state index >= 15 is 0 Å². The van der Waals surface area contributed by atoms with Crippen LogP contribution in [0.15, 0.2) is 52.4 Å². The predicted molar refractivity (Wildman–Crippen MR) is 113 cm³/mol. The van der Waals surface area contributed by atoms with Gasteiger partial charge in [0, 0.05) is 7.05 Å². The Hall–Kier alpha value is -2.25. The van der Waals surface area contributed by atoms with E-state index in [0.29, 0.717) is 4.80 Å². The number of para-hydroxylation sites is 1. The molecule has 0 unspecified atom stereocenters. The molecule has 2 aromatic carbocycles. The first-order chi connectivity index (χ1) is 13.2. The minimum absolute atomic E-state index is 0.136. The van der Waals surface area contributed by atoms with Gasteiger partial charge in [0.2, 0.25) is 0 Å². The van der Waals surface area contributed by atoms with Crippen LogP contribution in [-0.2, 0) is 34.5 Å². The minimum Gasteiger partial charge on any atom is -0.319 e. The van der Waals surface area contributed by atoms with Crippen molar-refractivity contribution >= 4 is 37.3 Å². The van der Waals surface area contributed by atoms with Gasteiger partial charge in [-0.15, -0.1) is 0 Å². The molecule has 0 spiro atoms. The van der Waals surface area contributed by atoms with Crippen LogP contribution in [0.4, 0.5) is 0 Å². The normalized spacial score (nSPS) is 12.8. The zero-order valence-corrected chi connectivity index (χ0v) is 18.1. The number of hydrogen-bond acceptors (Lipinski definition) is 4. The van der Waals surface area contributed by atoms with Gasteiger partial charge in [-0.1, -0.05) is 42.5 Å². The van der Waals surface area contributed by atoms with E-state index in [4.69, 9.17) is 0 Å². The number of rotatable bonds is 5. The number of thiazole rings is 1. The second-order valence-corrected chi connectivity index (χ2v) is 10.5. The van der Waals surface area contributed by atoms with E-state index in [1.807, 2.05) is 23.7 Å². The van der Waals surface area contributed by atoms with Crippen LogP contribution < -0.4 is 4.80 Å². The van der Waals surface area contributed by atoms with Crippen LogP contribution in [0.1, 0.15) is 31.9 Å². The smallest absolute Gasteiger partial charge is 0.252 e. The number of amides is 1. The lowest BCUT2D eigenvalue weighted by Crippen LogP contribution is -2.15. The Morgan fingerprint density at radius 1 is 1.14 bits per heavy atom. The Kier molecular flexibility index (Phi) is 5.86. The van der Waals surface area contributed by atoms with Crippen LogP contribution in [0.2, 0.25) is 0 Å². The summed E-state index contributed by atoms with van der Waals surface area (Å²) in [7, 11) is -1.38. The van der Waals surface area contributed by atoms with E-state index in [0.717, 1.165) is 22.2 Å². The van der Waals surface area contributed by atoms with E-state index in [2.05, 4.69) is 18.0 Å². The molecule has 3 rings (SSSR count). The fourth-order valence-corrected chi connectivity index (χ4v) is 5.21. The van der Waals surface area contributed by atoms with Gasteiger partial charge in [-0.2, -0.15) is 4.99 Å². The number of fused-ring (bicyclic) bond motifs is 1. The summed E-state index contributed by atoms with van der Waals surface area (Å²) in [6.07, 6.45) is 1.05. The first-order valence-corrected chi connectivity index (χ1v) is 11.6. The van der Waals surface area contributed by atoms with Gasteiger partial charge in [0.1, 0.15) is 0 Å². The Labute approximate surface area is 169 Å². The van der Waals surface area contributed by atoms with E-state index in [1.165, 1.54) is 16.9 Å². The van der Waals surface area contributed by atoms with Crippen LogP contribution in [0.5, 0.6) is 0 Å². The van der Waals surface area contributed by atoms with Crippen molar-refractivity contribution in [2.45, 2.75) is 43.8 Å². The molecule has 0 saturated carbocycles. The number of benzene rings is 2. The summed E-state index contributed by atoms with van der Waals surface area (Å²) >= 11 is 1.50. The highest BCUT2D eigenvalue weighted by Gasteiger charge is 2.18. The number of nitrogens with zero attached hydrogens (tertiary/aromatic N) is 2. The van der Waals surface area contributed by atoms with Crippen LogP contribution in [0, 0.1) is 0 Å². The molecule has 28 heavy (non-hydrogen) atoms. The molecule has 0 aliphatic carbocycles. The molecule has 0 aliphatic heterocycles. The molecule has 0 N–H and O–H groups in total. The van der Waals surface area contributed by atoms with Gasteiger partial charge >= 0.3 is 0 Å². The topological polar surface area (TPSA) is 68.5 Å². The molecule has 5 nitrogen and oxygen atoms in total. The van der Waals surface area contributed by atoms with Crippen molar-refractivity contribution in [3.05, 3.63) is 58.4 Å². The van der Waals surface area contributed by atoms with Crippen molar-refractivity contribution < 1.29 is 13.2 Å². The molecule has 0 atom stereocenters. The quantitative estimate of drug-likeness (QED) is 0.637. The van der Waals surface area contributed by atoms with Gasteiger partial charge in [-0.05, 0) is 49.6 Å². The number of aromatic nitrogens is 1. The maximum absolute atomic E-state index is 12.5.